The normalized spacial score (nSPS) is 16.7. The van der Waals surface area contributed by atoms with Crippen LogP contribution < -0.4 is 15.5 Å². The molecule has 1 aromatic rings. The Bertz CT molecular complexity index is 510. The molecule has 0 bridgehead atoms. The van der Waals surface area contributed by atoms with Crippen molar-refractivity contribution in [2.24, 2.45) is 4.99 Å². The number of nitrogens with zero attached hydrogens (tertiary/aromatic N) is 2. The van der Waals surface area contributed by atoms with Gasteiger partial charge in [-0.3, -0.25) is 4.99 Å². The number of likely N-dealkylation sites (N-methyl/N-ethyl adjacent to an activating group) is 1. The summed E-state index contributed by atoms with van der Waals surface area (Å²) in [7, 11) is 2.10. The van der Waals surface area contributed by atoms with Gasteiger partial charge in [-0.1, -0.05) is 18.2 Å². The average molecular weight is 490 g/mol. The summed E-state index contributed by atoms with van der Waals surface area (Å²) in [4.78, 5) is 6.85. The van der Waals surface area contributed by atoms with E-state index in [9.17, 15) is 0 Å². The van der Waals surface area contributed by atoms with Gasteiger partial charge in [0.2, 0.25) is 0 Å². The predicted octanol–water partition coefficient (Wildman–Crippen LogP) is 2.88. The second kappa shape index (κ2) is 14.9. The van der Waals surface area contributed by atoms with Crippen LogP contribution in [0.25, 0.3) is 0 Å². The first kappa shape index (κ1) is 24.0. The molecule has 7 heteroatoms. The maximum Gasteiger partial charge on any atom is 0.191 e. The van der Waals surface area contributed by atoms with Gasteiger partial charge in [-0.2, -0.15) is 0 Å². The molecule has 1 aliphatic rings. The largest absolute Gasteiger partial charge is 0.379 e. The first-order valence-corrected chi connectivity index (χ1v) is 9.77. The van der Waals surface area contributed by atoms with Crippen LogP contribution >= 0.6 is 24.0 Å². The van der Waals surface area contributed by atoms with E-state index in [0.717, 1.165) is 64.6 Å². The fraction of sp³-hybridized carbons (Fsp3) is 0.650. The lowest BCUT2D eigenvalue weighted by molar-refractivity contribution is 0.0171. The number of benzene rings is 1. The number of ether oxygens (including phenoxy) is 2. The highest BCUT2D eigenvalue weighted by atomic mass is 127. The Hall–Kier alpha value is -1.06. The van der Waals surface area contributed by atoms with Crippen LogP contribution in [-0.4, -0.2) is 65.1 Å². The molecule has 1 atom stereocenters. The van der Waals surface area contributed by atoms with Gasteiger partial charge in [0.25, 0.3) is 0 Å². The zero-order valence-corrected chi connectivity index (χ0v) is 19.0. The summed E-state index contributed by atoms with van der Waals surface area (Å²) in [5.74, 6) is 0.869. The summed E-state index contributed by atoms with van der Waals surface area (Å²) in [5.41, 5.74) is 1.22. The van der Waals surface area contributed by atoms with Gasteiger partial charge in [-0.15, -0.1) is 24.0 Å². The summed E-state index contributed by atoms with van der Waals surface area (Å²) in [6, 6.07) is 10.4. The number of aliphatic imine (C=N–C) groups is 1. The summed E-state index contributed by atoms with van der Waals surface area (Å²) < 4.78 is 11.2. The van der Waals surface area contributed by atoms with Crippen molar-refractivity contribution in [2.75, 3.05) is 57.9 Å². The molecule has 27 heavy (non-hydrogen) atoms. The monoisotopic (exact) mass is 490 g/mol. The lowest BCUT2D eigenvalue weighted by atomic mass is 10.2. The molecule has 1 aliphatic heterocycles. The summed E-state index contributed by atoms with van der Waals surface area (Å²) in [6.07, 6.45) is 3.52. The molecule has 1 unspecified atom stereocenters. The first-order valence-electron chi connectivity index (χ1n) is 9.77. The third-order valence-electron chi connectivity index (χ3n) is 4.33. The van der Waals surface area contributed by atoms with Gasteiger partial charge in [0.05, 0.1) is 12.7 Å². The molecule has 1 saturated heterocycles. The molecule has 2 N–H and O–H groups in total. The molecule has 2 rings (SSSR count). The molecule has 0 radical (unpaired) electrons. The standard InChI is InChI=1S/C20H34N4O2.HI/c1-3-21-20(22-12-8-15-25-17-19-11-7-16-26-19)23-13-14-24(2)18-9-5-4-6-10-18;/h4-6,9-10,19H,3,7-8,11-17H2,1-2H3,(H2,21,22,23);1H. The Morgan fingerprint density at radius 3 is 2.81 bits per heavy atom. The molecule has 0 aliphatic carbocycles. The van der Waals surface area contributed by atoms with E-state index in [1.807, 2.05) is 6.07 Å². The number of hydrogen-bond donors (Lipinski definition) is 2. The van der Waals surface area contributed by atoms with Crippen LogP contribution in [-0.2, 0) is 9.47 Å². The van der Waals surface area contributed by atoms with Crippen molar-refractivity contribution in [1.82, 2.24) is 10.6 Å². The number of nitrogens with one attached hydrogen (secondary N) is 2. The zero-order chi connectivity index (χ0) is 18.5. The van der Waals surface area contributed by atoms with E-state index in [0.29, 0.717) is 12.7 Å². The SMILES string of the molecule is CCNC(=NCCCOCC1CCCO1)NCCN(C)c1ccccc1.I. The molecule has 1 fully saturated rings. The van der Waals surface area contributed by atoms with E-state index in [4.69, 9.17) is 9.47 Å². The maximum absolute atomic E-state index is 5.68. The zero-order valence-electron chi connectivity index (χ0n) is 16.7. The topological polar surface area (TPSA) is 58.1 Å². The minimum absolute atomic E-state index is 0. The molecule has 154 valence electrons. The lowest BCUT2D eigenvalue weighted by Crippen LogP contribution is -2.41. The van der Waals surface area contributed by atoms with Crippen molar-refractivity contribution in [3.8, 4) is 0 Å². The van der Waals surface area contributed by atoms with Crippen molar-refractivity contribution in [3.05, 3.63) is 30.3 Å². The number of anilines is 1. The molecule has 1 heterocycles. The van der Waals surface area contributed by atoms with E-state index in [-0.39, 0.29) is 24.0 Å². The van der Waals surface area contributed by atoms with Crippen LogP contribution in [0.4, 0.5) is 5.69 Å². The molecule has 1 aromatic carbocycles. The Labute approximate surface area is 181 Å². The highest BCUT2D eigenvalue weighted by molar-refractivity contribution is 14.0. The third kappa shape index (κ3) is 10.2. The fourth-order valence-electron chi connectivity index (χ4n) is 2.84. The van der Waals surface area contributed by atoms with Crippen LogP contribution in [0.5, 0.6) is 0 Å². The lowest BCUT2D eigenvalue weighted by Gasteiger charge is -2.20. The van der Waals surface area contributed by atoms with Crippen molar-refractivity contribution in [1.29, 1.82) is 0 Å². The van der Waals surface area contributed by atoms with E-state index in [1.165, 1.54) is 5.69 Å². The molecular formula is C20H35IN4O2. The second-order valence-electron chi connectivity index (χ2n) is 6.51. The summed E-state index contributed by atoms with van der Waals surface area (Å²) in [6.45, 7) is 7.79. The predicted molar refractivity (Wildman–Crippen MR) is 124 cm³/mol. The van der Waals surface area contributed by atoms with Crippen LogP contribution in [0.3, 0.4) is 0 Å². The Morgan fingerprint density at radius 1 is 1.30 bits per heavy atom. The first-order chi connectivity index (χ1) is 12.8. The molecule has 0 amide bonds. The average Bonchev–Trinajstić information content (AvgIpc) is 3.18. The van der Waals surface area contributed by atoms with Crippen molar-refractivity contribution >= 4 is 35.6 Å². The maximum atomic E-state index is 5.68. The smallest absolute Gasteiger partial charge is 0.191 e. The van der Waals surface area contributed by atoms with Gasteiger partial charge in [0.15, 0.2) is 5.96 Å². The van der Waals surface area contributed by atoms with E-state index in [2.05, 4.69) is 58.8 Å². The molecule has 0 aromatic heterocycles. The molecular weight excluding hydrogens is 455 g/mol. The minimum atomic E-state index is 0. The quantitative estimate of drug-likeness (QED) is 0.216. The Kier molecular flexibility index (Phi) is 13.3. The summed E-state index contributed by atoms with van der Waals surface area (Å²) >= 11 is 0. The van der Waals surface area contributed by atoms with Crippen molar-refractivity contribution in [3.63, 3.8) is 0 Å². The van der Waals surface area contributed by atoms with Crippen LogP contribution in [0.1, 0.15) is 26.2 Å². The highest BCUT2D eigenvalue weighted by Gasteiger charge is 2.14. The molecule has 0 spiro atoms. The third-order valence-corrected chi connectivity index (χ3v) is 4.33. The second-order valence-corrected chi connectivity index (χ2v) is 6.51. The van der Waals surface area contributed by atoms with Crippen molar-refractivity contribution < 1.29 is 9.47 Å². The molecule has 0 saturated carbocycles. The van der Waals surface area contributed by atoms with E-state index < -0.39 is 0 Å². The number of para-hydroxylation sites is 1. The van der Waals surface area contributed by atoms with Gasteiger partial charge in [-0.05, 0) is 38.3 Å². The Balaban J connectivity index is 0.00000364. The van der Waals surface area contributed by atoms with Gasteiger partial charge in [-0.25, -0.2) is 0 Å². The van der Waals surface area contributed by atoms with E-state index >= 15 is 0 Å². The number of hydrogen-bond acceptors (Lipinski definition) is 4. The number of guanidine groups is 1. The number of halogens is 1. The van der Waals surface area contributed by atoms with Gasteiger partial charge in [0, 0.05) is 52.1 Å². The van der Waals surface area contributed by atoms with Gasteiger partial charge >= 0.3 is 0 Å². The Morgan fingerprint density at radius 2 is 2.11 bits per heavy atom. The fourth-order valence-corrected chi connectivity index (χ4v) is 2.84. The highest BCUT2D eigenvalue weighted by Crippen LogP contribution is 2.12. The van der Waals surface area contributed by atoms with E-state index in [1.54, 1.807) is 0 Å². The summed E-state index contributed by atoms with van der Waals surface area (Å²) in [5, 5.41) is 6.68. The molecule has 6 nitrogen and oxygen atoms in total. The van der Waals surface area contributed by atoms with Gasteiger partial charge < -0.3 is 25.0 Å². The van der Waals surface area contributed by atoms with Crippen LogP contribution in [0, 0.1) is 0 Å². The number of rotatable bonds is 11. The van der Waals surface area contributed by atoms with Crippen LogP contribution in [0.2, 0.25) is 0 Å². The van der Waals surface area contributed by atoms with Crippen molar-refractivity contribution in [2.45, 2.75) is 32.3 Å². The minimum Gasteiger partial charge on any atom is -0.379 e. The van der Waals surface area contributed by atoms with Crippen LogP contribution in [0.15, 0.2) is 35.3 Å². The van der Waals surface area contributed by atoms with Gasteiger partial charge in [0.1, 0.15) is 0 Å².